The number of halogens is 1. The molecule has 0 unspecified atom stereocenters. The fraction of sp³-hybridized carbons (Fsp3) is 0.429. The summed E-state index contributed by atoms with van der Waals surface area (Å²) in [5, 5.41) is 6.50. The summed E-state index contributed by atoms with van der Waals surface area (Å²) < 4.78 is 13.6. The Kier molecular flexibility index (Phi) is 5.07. The first-order chi connectivity index (χ1) is 13.1. The van der Waals surface area contributed by atoms with E-state index in [1.54, 1.807) is 12.3 Å². The number of pyridine rings is 1. The number of carbonyl (C=O) groups excluding carboxylic acids is 1. The van der Waals surface area contributed by atoms with E-state index in [4.69, 9.17) is 0 Å². The van der Waals surface area contributed by atoms with Gasteiger partial charge >= 0.3 is 0 Å². The Bertz CT molecular complexity index is 786. The highest BCUT2D eigenvalue weighted by Gasteiger charge is 2.43. The number of likely N-dealkylation sites (tertiary alicyclic amines) is 1. The number of anilines is 1. The minimum atomic E-state index is -0.693. The predicted octanol–water partition coefficient (Wildman–Crippen LogP) is 2.95. The molecular weight excluding hydrogens is 343 g/mol. The third-order valence-corrected chi connectivity index (χ3v) is 5.39. The van der Waals surface area contributed by atoms with Crippen molar-refractivity contribution in [3.05, 3.63) is 60.2 Å². The van der Waals surface area contributed by atoms with Gasteiger partial charge in [0.2, 0.25) is 5.91 Å². The highest BCUT2D eigenvalue weighted by atomic mass is 19.1. The summed E-state index contributed by atoms with van der Waals surface area (Å²) in [5.74, 6) is -0.262. The summed E-state index contributed by atoms with van der Waals surface area (Å²) in [5.41, 5.74) is 1.13. The van der Waals surface area contributed by atoms with Crippen LogP contribution in [0.25, 0.3) is 0 Å². The molecule has 1 saturated carbocycles. The van der Waals surface area contributed by atoms with Gasteiger partial charge in [0.25, 0.3) is 0 Å². The van der Waals surface area contributed by atoms with Crippen molar-refractivity contribution in [1.29, 1.82) is 0 Å². The lowest BCUT2D eigenvalue weighted by Crippen LogP contribution is -2.58. The molecule has 0 radical (unpaired) electrons. The average molecular weight is 368 g/mol. The van der Waals surface area contributed by atoms with E-state index < -0.39 is 5.54 Å². The maximum absolute atomic E-state index is 13.6. The molecule has 0 atom stereocenters. The van der Waals surface area contributed by atoms with Gasteiger partial charge in [-0.25, -0.2) is 4.39 Å². The number of amides is 1. The third-order valence-electron chi connectivity index (χ3n) is 5.39. The second-order valence-electron chi connectivity index (χ2n) is 7.60. The zero-order valence-corrected chi connectivity index (χ0v) is 15.3. The van der Waals surface area contributed by atoms with Crippen molar-refractivity contribution in [3.63, 3.8) is 0 Å². The highest BCUT2D eigenvalue weighted by molar-refractivity contribution is 5.90. The van der Waals surface area contributed by atoms with Crippen LogP contribution >= 0.6 is 0 Å². The molecule has 4 rings (SSSR count). The van der Waals surface area contributed by atoms with E-state index in [0.29, 0.717) is 24.6 Å². The van der Waals surface area contributed by atoms with Gasteiger partial charge in [-0.15, -0.1) is 0 Å². The molecule has 1 aromatic carbocycles. The van der Waals surface area contributed by atoms with Gasteiger partial charge in [-0.2, -0.15) is 0 Å². The average Bonchev–Trinajstić information content (AvgIpc) is 3.48. The van der Waals surface area contributed by atoms with E-state index in [9.17, 15) is 9.18 Å². The maximum Gasteiger partial charge on any atom is 0.245 e. The highest BCUT2D eigenvalue weighted by Crippen LogP contribution is 2.30. The summed E-state index contributed by atoms with van der Waals surface area (Å²) in [4.78, 5) is 19.5. The molecule has 0 bridgehead atoms. The molecular formula is C21H25FN4O. The lowest BCUT2D eigenvalue weighted by molar-refractivity contribution is -0.127. The Labute approximate surface area is 159 Å². The fourth-order valence-electron chi connectivity index (χ4n) is 3.65. The maximum atomic E-state index is 13.6. The third kappa shape index (κ3) is 4.45. The van der Waals surface area contributed by atoms with Gasteiger partial charge < -0.3 is 10.6 Å². The number of aromatic nitrogens is 1. The number of hydrogen-bond acceptors (Lipinski definition) is 4. The van der Waals surface area contributed by atoms with Crippen LogP contribution in [0.5, 0.6) is 0 Å². The van der Waals surface area contributed by atoms with Crippen LogP contribution in [0.1, 0.15) is 31.2 Å². The van der Waals surface area contributed by atoms with Gasteiger partial charge in [-0.05, 0) is 55.5 Å². The molecule has 1 aliphatic carbocycles. The zero-order chi connectivity index (χ0) is 18.7. The lowest BCUT2D eigenvalue weighted by Gasteiger charge is -2.41. The van der Waals surface area contributed by atoms with Crippen molar-refractivity contribution in [1.82, 2.24) is 15.2 Å². The minimum absolute atomic E-state index is 0.0373. The topological polar surface area (TPSA) is 57.3 Å². The van der Waals surface area contributed by atoms with Crippen molar-refractivity contribution >= 4 is 11.6 Å². The monoisotopic (exact) mass is 368 g/mol. The Hall–Kier alpha value is -2.47. The molecule has 27 heavy (non-hydrogen) atoms. The Morgan fingerprint density at radius 3 is 2.70 bits per heavy atom. The first-order valence-corrected chi connectivity index (χ1v) is 9.59. The molecule has 2 aromatic rings. The van der Waals surface area contributed by atoms with Crippen molar-refractivity contribution in [2.75, 3.05) is 18.4 Å². The van der Waals surface area contributed by atoms with Gasteiger partial charge in [0.1, 0.15) is 11.4 Å². The van der Waals surface area contributed by atoms with Gasteiger partial charge in [0, 0.05) is 43.8 Å². The summed E-state index contributed by atoms with van der Waals surface area (Å²) in [6.45, 7) is 2.43. The Balaban J connectivity index is 1.46. The number of piperidine rings is 1. The summed E-state index contributed by atoms with van der Waals surface area (Å²) in [7, 11) is 0. The number of rotatable bonds is 6. The van der Waals surface area contributed by atoms with Crippen LogP contribution in [0.2, 0.25) is 0 Å². The Morgan fingerprint density at radius 1 is 1.22 bits per heavy atom. The smallest absolute Gasteiger partial charge is 0.245 e. The molecule has 0 spiro atoms. The summed E-state index contributed by atoms with van der Waals surface area (Å²) in [6, 6.07) is 10.7. The van der Waals surface area contributed by atoms with Crippen molar-refractivity contribution in [2.24, 2.45) is 0 Å². The standard InChI is InChI=1S/C21H25FN4O/c22-17-4-1-5-19(13-17)25-21(20(27)24-18-6-7-18)8-11-26(12-9-21)15-16-3-2-10-23-14-16/h1-5,10,13-14,18,25H,6-9,11-12,15H2,(H,24,27). The van der Waals surface area contributed by atoms with Crippen LogP contribution in [0.3, 0.4) is 0 Å². The zero-order valence-electron chi connectivity index (χ0n) is 15.3. The molecule has 142 valence electrons. The largest absolute Gasteiger partial charge is 0.371 e. The number of carbonyl (C=O) groups is 1. The van der Waals surface area contributed by atoms with Gasteiger partial charge in [-0.1, -0.05) is 12.1 Å². The predicted molar refractivity (Wildman–Crippen MR) is 103 cm³/mol. The first kappa shape index (κ1) is 17.9. The SMILES string of the molecule is O=C(NC1CC1)C1(Nc2cccc(F)c2)CCN(Cc2cccnc2)CC1. The van der Waals surface area contributed by atoms with Crippen LogP contribution in [0.15, 0.2) is 48.8 Å². The van der Waals surface area contributed by atoms with Crippen LogP contribution in [0.4, 0.5) is 10.1 Å². The van der Waals surface area contributed by atoms with Crippen LogP contribution in [-0.4, -0.2) is 40.5 Å². The number of nitrogens with zero attached hydrogens (tertiary/aromatic N) is 2. The molecule has 1 aliphatic heterocycles. The first-order valence-electron chi connectivity index (χ1n) is 9.59. The minimum Gasteiger partial charge on any atom is -0.371 e. The van der Waals surface area contributed by atoms with E-state index in [-0.39, 0.29) is 11.7 Å². The van der Waals surface area contributed by atoms with Crippen LogP contribution < -0.4 is 10.6 Å². The van der Waals surface area contributed by atoms with E-state index in [0.717, 1.165) is 32.5 Å². The molecule has 1 aromatic heterocycles. The van der Waals surface area contributed by atoms with Crippen molar-refractivity contribution < 1.29 is 9.18 Å². The molecule has 1 saturated heterocycles. The number of hydrogen-bond donors (Lipinski definition) is 2. The van der Waals surface area contributed by atoms with Gasteiger partial charge in [0.15, 0.2) is 0 Å². The van der Waals surface area contributed by atoms with Crippen LogP contribution in [-0.2, 0) is 11.3 Å². The lowest BCUT2D eigenvalue weighted by atomic mass is 9.85. The Morgan fingerprint density at radius 2 is 2.04 bits per heavy atom. The van der Waals surface area contributed by atoms with E-state index in [2.05, 4.69) is 26.6 Å². The molecule has 2 N–H and O–H groups in total. The van der Waals surface area contributed by atoms with Gasteiger partial charge in [0.05, 0.1) is 0 Å². The van der Waals surface area contributed by atoms with E-state index >= 15 is 0 Å². The number of nitrogens with one attached hydrogen (secondary N) is 2. The fourth-order valence-corrected chi connectivity index (χ4v) is 3.65. The van der Waals surface area contributed by atoms with Crippen LogP contribution in [0, 0.1) is 5.82 Å². The molecule has 2 heterocycles. The molecule has 5 nitrogen and oxygen atoms in total. The molecule has 6 heteroatoms. The normalized spacial score (nSPS) is 19.4. The van der Waals surface area contributed by atoms with E-state index in [1.807, 2.05) is 18.3 Å². The molecule has 2 fully saturated rings. The quantitative estimate of drug-likeness (QED) is 0.823. The summed E-state index contributed by atoms with van der Waals surface area (Å²) >= 11 is 0. The van der Waals surface area contributed by atoms with Crippen molar-refractivity contribution in [2.45, 2.75) is 43.8 Å². The second kappa shape index (κ2) is 7.64. The summed E-state index contributed by atoms with van der Waals surface area (Å²) in [6.07, 6.45) is 7.12. The second-order valence-corrected chi connectivity index (χ2v) is 7.60. The number of benzene rings is 1. The van der Waals surface area contributed by atoms with Crippen molar-refractivity contribution in [3.8, 4) is 0 Å². The molecule has 2 aliphatic rings. The van der Waals surface area contributed by atoms with Gasteiger partial charge in [-0.3, -0.25) is 14.7 Å². The molecule has 1 amide bonds. The van der Waals surface area contributed by atoms with E-state index in [1.165, 1.54) is 17.7 Å².